The third kappa shape index (κ3) is 4.53. The first kappa shape index (κ1) is 19.3. The minimum Gasteiger partial charge on any atom is -0.490 e. The van der Waals surface area contributed by atoms with Crippen molar-refractivity contribution < 1.29 is 14.3 Å². The van der Waals surface area contributed by atoms with Gasteiger partial charge in [0.2, 0.25) is 5.91 Å². The summed E-state index contributed by atoms with van der Waals surface area (Å²) < 4.78 is 5.64. The van der Waals surface area contributed by atoms with Crippen LogP contribution in [-0.4, -0.2) is 49.6 Å². The maximum atomic E-state index is 13.0. The average molecular weight is 393 g/mol. The largest absolute Gasteiger partial charge is 0.490 e. The highest BCUT2D eigenvalue weighted by molar-refractivity contribution is 5.94. The molecule has 2 heterocycles. The number of hydrogen-bond donors (Lipinski definition) is 1. The van der Waals surface area contributed by atoms with E-state index in [1.54, 1.807) is 4.90 Å². The minimum atomic E-state index is -0.0215. The molecule has 4 rings (SSSR count). The molecule has 2 aromatic rings. The van der Waals surface area contributed by atoms with E-state index in [0.717, 1.165) is 17.9 Å². The average Bonchev–Trinajstić information content (AvgIpc) is 2.79. The van der Waals surface area contributed by atoms with Crippen molar-refractivity contribution >= 4 is 17.6 Å². The van der Waals surface area contributed by atoms with Gasteiger partial charge < -0.3 is 15.0 Å². The summed E-state index contributed by atoms with van der Waals surface area (Å²) in [7, 11) is 0. The molecule has 0 aliphatic carbocycles. The van der Waals surface area contributed by atoms with Crippen molar-refractivity contribution in [2.75, 3.05) is 37.7 Å². The first-order valence-electron chi connectivity index (χ1n) is 10.3. The van der Waals surface area contributed by atoms with Gasteiger partial charge in [-0.1, -0.05) is 42.5 Å². The number of likely N-dealkylation sites (tertiary alicyclic amines) is 1. The Balaban J connectivity index is 1.26. The first-order chi connectivity index (χ1) is 14.2. The Bertz CT molecular complexity index is 847. The van der Waals surface area contributed by atoms with Crippen molar-refractivity contribution in [1.82, 2.24) is 10.2 Å². The van der Waals surface area contributed by atoms with Crippen LogP contribution in [0.2, 0.25) is 0 Å². The highest BCUT2D eigenvalue weighted by Gasteiger charge is 2.32. The molecule has 29 heavy (non-hydrogen) atoms. The van der Waals surface area contributed by atoms with Gasteiger partial charge in [-0.3, -0.25) is 9.69 Å². The van der Waals surface area contributed by atoms with Crippen LogP contribution in [0.5, 0.6) is 5.75 Å². The second kappa shape index (κ2) is 8.99. The Labute approximate surface area is 171 Å². The summed E-state index contributed by atoms with van der Waals surface area (Å²) in [6.07, 6.45) is 2.24. The van der Waals surface area contributed by atoms with E-state index in [0.29, 0.717) is 45.6 Å². The van der Waals surface area contributed by atoms with E-state index in [2.05, 4.69) is 17.4 Å². The van der Waals surface area contributed by atoms with Crippen molar-refractivity contribution in [3.63, 3.8) is 0 Å². The molecule has 0 aromatic heterocycles. The van der Waals surface area contributed by atoms with Gasteiger partial charge in [-0.2, -0.15) is 0 Å². The summed E-state index contributed by atoms with van der Waals surface area (Å²) in [4.78, 5) is 29.2. The zero-order valence-corrected chi connectivity index (χ0v) is 16.5. The lowest BCUT2D eigenvalue weighted by molar-refractivity contribution is -0.126. The van der Waals surface area contributed by atoms with Crippen LogP contribution >= 0.6 is 0 Å². The number of fused-ring (bicyclic) bond motifs is 1. The van der Waals surface area contributed by atoms with Crippen LogP contribution in [0.1, 0.15) is 18.4 Å². The molecule has 2 aliphatic rings. The number of urea groups is 1. The van der Waals surface area contributed by atoms with Crippen LogP contribution in [0.3, 0.4) is 0 Å². The van der Waals surface area contributed by atoms with Crippen molar-refractivity contribution in [2.45, 2.75) is 19.3 Å². The summed E-state index contributed by atoms with van der Waals surface area (Å²) in [5.74, 6) is 0.830. The molecule has 6 heteroatoms. The number of nitrogens with one attached hydrogen (secondary N) is 1. The maximum absolute atomic E-state index is 13.0. The monoisotopic (exact) mass is 393 g/mol. The number of carbonyl (C=O) groups excluding carboxylic acids is 2. The lowest BCUT2D eigenvalue weighted by Crippen LogP contribution is -2.50. The number of carbonyl (C=O) groups is 2. The molecule has 0 bridgehead atoms. The van der Waals surface area contributed by atoms with Crippen molar-refractivity contribution in [3.05, 3.63) is 60.2 Å². The van der Waals surface area contributed by atoms with E-state index < -0.39 is 0 Å². The smallest absolute Gasteiger partial charge is 0.324 e. The van der Waals surface area contributed by atoms with Gasteiger partial charge in [0.05, 0.1) is 12.2 Å². The van der Waals surface area contributed by atoms with Gasteiger partial charge in [-0.25, -0.2) is 4.79 Å². The van der Waals surface area contributed by atoms with Crippen LogP contribution in [0, 0.1) is 5.92 Å². The molecule has 1 fully saturated rings. The fourth-order valence-corrected chi connectivity index (χ4v) is 3.99. The van der Waals surface area contributed by atoms with Crippen molar-refractivity contribution in [3.8, 4) is 5.75 Å². The number of nitrogens with zero attached hydrogens (tertiary/aromatic N) is 2. The van der Waals surface area contributed by atoms with Gasteiger partial charge in [-0.15, -0.1) is 0 Å². The molecule has 1 saturated heterocycles. The summed E-state index contributed by atoms with van der Waals surface area (Å²) in [5, 5.41) is 3.05. The van der Waals surface area contributed by atoms with Gasteiger partial charge in [0.15, 0.2) is 0 Å². The number of ether oxygens (including phenoxy) is 1. The molecule has 0 radical (unpaired) electrons. The van der Waals surface area contributed by atoms with Gasteiger partial charge in [0, 0.05) is 25.6 Å². The molecule has 2 aromatic carbocycles. The fraction of sp³-hybridized carbons (Fsp3) is 0.391. The predicted octanol–water partition coefficient (Wildman–Crippen LogP) is 3.08. The number of hydrogen-bond acceptors (Lipinski definition) is 3. The SMILES string of the molecule is O=C(NCCc1ccccc1)C1CCN(C(=O)N2CCOc3ccccc32)CC1. The third-order valence-electron chi connectivity index (χ3n) is 5.65. The fourth-order valence-electron chi connectivity index (χ4n) is 3.99. The predicted molar refractivity (Wildman–Crippen MR) is 112 cm³/mol. The Morgan fingerprint density at radius 1 is 0.966 bits per heavy atom. The number of rotatable bonds is 4. The molecule has 0 spiro atoms. The van der Waals surface area contributed by atoms with Gasteiger partial charge in [-0.05, 0) is 37.0 Å². The molecule has 3 amide bonds. The van der Waals surface area contributed by atoms with E-state index in [1.165, 1.54) is 5.56 Å². The molecule has 0 saturated carbocycles. The zero-order valence-electron chi connectivity index (χ0n) is 16.5. The van der Waals surface area contributed by atoms with Crippen molar-refractivity contribution in [1.29, 1.82) is 0 Å². The third-order valence-corrected chi connectivity index (χ3v) is 5.65. The lowest BCUT2D eigenvalue weighted by Gasteiger charge is -2.37. The molecule has 2 aliphatic heterocycles. The highest BCUT2D eigenvalue weighted by Crippen LogP contribution is 2.32. The molecule has 1 N–H and O–H groups in total. The Morgan fingerprint density at radius 3 is 2.48 bits per heavy atom. The standard InChI is InChI=1S/C23H27N3O3/c27-22(24-13-10-18-6-2-1-3-7-18)19-11-14-25(15-12-19)23(28)26-16-17-29-21-9-5-4-8-20(21)26/h1-9,19H,10-17H2,(H,24,27). The van der Waals surface area contributed by atoms with E-state index >= 15 is 0 Å². The molecule has 0 atom stereocenters. The van der Waals surface area contributed by atoms with E-state index in [-0.39, 0.29) is 17.9 Å². The second-order valence-corrected chi connectivity index (χ2v) is 7.54. The van der Waals surface area contributed by atoms with Crippen LogP contribution < -0.4 is 15.0 Å². The van der Waals surface area contributed by atoms with Crippen LogP contribution in [-0.2, 0) is 11.2 Å². The molecular formula is C23H27N3O3. The zero-order chi connectivity index (χ0) is 20.1. The van der Waals surface area contributed by atoms with E-state index in [1.807, 2.05) is 47.4 Å². The quantitative estimate of drug-likeness (QED) is 0.868. The number of amides is 3. The number of benzene rings is 2. The number of para-hydroxylation sites is 2. The van der Waals surface area contributed by atoms with Crippen LogP contribution in [0.25, 0.3) is 0 Å². The summed E-state index contributed by atoms with van der Waals surface area (Å²) in [6, 6.07) is 17.8. The number of anilines is 1. The normalized spacial score (nSPS) is 16.7. The van der Waals surface area contributed by atoms with Crippen LogP contribution in [0.4, 0.5) is 10.5 Å². The molecule has 152 valence electrons. The maximum Gasteiger partial charge on any atom is 0.324 e. The topological polar surface area (TPSA) is 61.9 Å². The van der Waals surface area contributed by atoms with E-state index in [9.17, 15) is 9.59 Å². The van der Waals surface area contributed by atoms with E-state index in [4.69, 9.17) is 4.74 Å². The van der Waals surface area contributed by atoms with Crippen LogP contribution in [0.15, 0.2) is 54.6 Å². The molecule has 6 nitrogen and oxygen atoms in total. The Morgan fingerprint density at radius 2 is 1.69 bits per heavy atom. The Hall–Kier alpha value is -3.02. The van der Waals surface area contributed by atoms with Gasteiger partial charge in [0.25, 0.3) is 0 Å². The van der Waals surface area contributed by atoms with Gasteiger partial charge >= 0.3 is 6.03 Å². The minimum absolute atomic E-state index is 0.00341. The summed E-state index contributed by atoms with van der Waals surface area (Å²) in [6.45, 7) is 2.91. The highest BCUT2D eigenvalue weighted by atomic mass is 16.5. The summed E-state index contributed by atoms with van der Waals surface area (Å²) >= 11 is 0. The number of piperidine rings is 1. The lowest BCUT2D eigenvalue weighted by atomic mass is 9.96. The summed E-state index contributed by atoms with van der Waals surface area (Å²) in [5.41, 5.74) is 2.04. The van der Waals surface area contributed by atoms with Crippen molar-refractivity contribution in [2.24, 2.45) is 5.92 Å². The first-order valence-corrected chi connectivity index (χ1v) is 10.3. The molecular weight excluding hydrogens is 366 g/mol. The van der Waals surface area contributed by atoms with Gasteiger partial charge in [0.1, 0.15) is 12.4 Å². The Kier molecular flexibility index (Phi) is 5.98. The second-order valence-electron chi connectivity index (χ2n) is 7.54. The molecule has 0 unspecified atom stereocenters.